The molecule has 0 radical (unpaired) electrons. The van der Waals surface area contributed by atoms with E-state index in [9.17, 15) is 0 Å². The van der Waals surface area contributed by atoms with Crippen LogP contribution < -0.4 is 10.6 Å². The molecule has 0 amide bonds. The lowest BCUT2D eigenvalue weighted by Gasteiger charge is -2.30. The van der Waals surface area contributed by atoms with E-state index in [4.69, 9.17) is 4.74 Å². The predicted molar refractivity (Wildman–Crippen MR) is 94.4 cm³/mol. The summed E-state index contributed by atoms with van der Waals surface area (Å²) in [6.45, 7) is 8.19. The van der Waals surface area contributed by atoms with Crippen LogP contribution in [0.3, 0.4) is 0 Å². The first-order valence-corrected chi connectivity index (χ1v) is 7.98. The molecule has 1 unspecified atom stereocenters. The van der Waals surface area contributed by atoms with E-state index in [-0.39, 0.29) is 11.5 Å². The number of ether oxygens (including phenoxy) is 1. The van der Waals surface area contributed by atoms with Gasteiger partial charge in [0, 0.05) is 27.2 Å². The van der Waals surface area contributed by atoms with Crippen molar-refractivity contribution < 1.29 is 4.74 Å². The van der Waals surface area contributed by atoms with Gasteiger partial charge in [0.15, 0.2) is 5.96 Å². The van der Waals surface area contributed by atoms with Crippen LogP contribution in [0.5, 0.6) is 0 Å². The summed E-state index contributed by atoms with van der Waals surface area (Å²) < 4.78 is 5.55. The molecule has 2 N–H and O–H groups in total. The SMILES string of the molecule is CN=C(NCCCc1ccccc1)NCC(OC)C(C)(C)C. The average molecular weight is 305 g/mol. The van der Waals surface area contributed by atoms with Gasteiger partial charge < -0.3 is 15.4 Å². The fourth-order valence-electron chi connectivity index (χ4n) is 2.30. The standard InChI is InChI=1S/C18H31N3O/c1-18(2,3)16(22-5)14-21-17(19-4)20-13-9-12-15-10-7-6-8-11-15/h6-8,10-11,16H,9,12-14H2,1-5H3,(H2,19,20,21). The van der Waals surface area contributed by atoms with Crippen molar-refractivity contribution in [2.24, 2.45) is 10.4 Å². The lowest BCUT2D eigenvalue weighted by atomic mass is 9.89. The number of methoxy groups -OCH3 is 1. The highest BCUT2D eigenvalue weighted by atomic mass is 16.5. The summed E-state index contributed by atoms with van der Waals surface area (Å²) in [6.07, 6.45) is 2.31. The molecule has 4 heteroatoms. The molecule has 0 saturated carbocycles. The first-order chi connectivity index (χ1) is 10.5. The highest BCUT2D eigenvalue weighted by Gasteiger charge is 2.24. The van der Waals surface area contributed by atoms with Gasteiger partial charge in [-0.05, 0) is 23.8 Å². The van der Waals surface area contributed by atoms with Gasteiger partial charge in [0.2, 0.25) is 0 Å². The Hall–Kier alpha value is -1.55. The topological polar surface area (TPSA) is 45.7 Å². The van der Waals surface area contributed by atoms with Crippen molar-refractivity contribution >= 4 is 5.96 Å². The Morgan fingerprint density at radius 2 is 1.86 bits per heavy atom. The van der Waals surface area contributed by atoms with E-state index < -0.39 is 0 Å². The lowest BCUT2D eigenvalue weighted by Crippen LogP contribution is -2.45. The molecule has 0 saturated heterocycles. The summed E-state index contributed by atoms with van der Waals surface area (Å²) in [4.78, 5) is 4.26. The van der Waals surface area contributed by atoms with Crippen LogP contribution in [0.4, 0.5) is 0 Å². The van der Waals surface area contributed by atoms with Gasteiger partial charge >= 0.3 is 0 Å². The third-order valence-corrected chi connectivity index (χ3v) is 3.71. The molecule has 1 atom stereocenters. The normalized spacial score (nSPS) is 13.8. The predicted octanol–water partition coefficient (Wildman–Crippen LogP) is 2.85. The number of hydrogen-bond donors (Lipinski definition) is 2. The minimum Gasteiger partial charge on any atom is -0.379 e. The highest BCUT2D eigenvalue weighted by Crippen LogP contribution is 2.20. The van der Waals surface area contributed by atoms with Crippen molar-refractivity contribution in [3.63, 3.8) is 0 Å². The first-order valence-electron chi connectivity index (χ1n) is 7.98. The molecule has 1 rings (SSSR count). The van der Waals surface area contributed by atoms with Crippen molar-refractivity contribution in [2.75, 3.05) is 27.2 Å². The second kappa shape index (κ2) is 9.46. The van der Waals surface area contributed by atoms with E-state index in [1.165, 1.54) is 5.56 Å². The molecule has 0 aliphatic heterocycles. The van der Waals surface area contributed by atoms with Gasteiger partial charge in [-0.3, -0.25) is 4.99 Å². The van der Waals surface area contributed by atoms with Crippen molar-refractivity contribution in [2.45, 2.75) is 39.7 Å². The lowest BCUT2D eigenvalue weighted by molar-refractivity contribution is 0.0205. The number of aryl methyl sites for hydroxylation is 1. The number of aliphatic imine (C=N–C) groups is 1. The molecule has 1 aromatic carbocycles. The maximum atomic E-state index is 5.55. The van der Waals surface area contributed by atoms with Gasteiger partial charge in [0.25, 0.3) is 0 Å². The van der Waals surface area contributed by atoms with E-state index in [0.29, 0.717) is 0 Å². The summed E-state index contributed by atoms with van der Waals surface area (Å²) >= 11 is 0. The van der Waals surface area contributed by atoms with Gasteiger partial charge in [0.05, 0.1) is 6.10 Å². The van der Waals surface area contributed by atoms with Crippen molar-refractivity contribution in [3.05, 3.63) is 35.9 Å². The van der Waals surface area contributed by atoms with E-state index in [0.717, 1.165) is 31.9 Å². The van der Waals surface area contributed by atoms with Gasteiger partial charge in [-0.25, -0.2) is 0 Å². The van der Waals surface area contributed by atoms with Gasteiger partial charge in [-0.1, -0.05) is 51.1 Å². The van der Waals surface area contributed by atoms with Crippen LogP contribution in [0.25, 0.3) is 0 Å². The van der Waals surface area contributed by atoms with E-state index in [2.05, 4.69) is 66.7 Å². The summed E-state index contributed by atoms with van der Waals surface area (Å²) in [7, 11) is 3.55. The summed E-state index contributed by atoms with van der Waals surface area (Å²) in [5.41, 5.74) is 1.48. The van der Waals surface area contributed by atoms with Gasteiger partial charge in [-0.15, -0.1) is 0 Å². The van der Waals surface area contributed by atoms with Crippen molar-refractivity contribution in [1.29, 1.82) is 0 Å². The molecule has 0 spiro atoms. The Bertz CT molecular complexity index is 437. The summed E-state index contributed by atoms with van der Waals surface area (Å²) in [5.74, 6) is 0.833. The van der Waals surface area contributed by atoms with Crippen LogP contribution in [0, 0.1) is 5.41 Å². The second-order valence-electron chi connectivity index (χ2n) is 6.56. The van der Waals surface area contributed by atoms with Crippen molar-refractivity contribution in [3.8, 4) is 0 Å². The first kappa shape index (κ1) is 18.5. The summed E-state index contributed by atoms with van der Waals surface area (Å²) in [6, 6.07) is 10.6. The molecule has 124 valence electrons. The molecular formula is C18H31N3O. The van der Waals surface area contributed by atoms with Crippen LogP contribution in [0.15, 0.2) is 35.3 Å². The van der Waals surface area contributed by atoms with Crippen molar-refractivity contribution in [1.82, 2.24) is 10.6 Å². The smallest absolute Gasteiger partial charge is 0.191 e. The van der Waals surface area contributed by atoms with E-state index >= 15 is 0 Å². The monoisotopic (exact) mass is 305 g/mol. The molecule has 0 heterocycles. The number of hydrogen-bond acceptors (Lipinski definition) is 2. The van der Waals surface area contributed by atoms with Gasteiger partial charge in [0.1, 0.15) is 0 Å². The van der Waals surface area contributed by atoms with Crippen LogP contribution in [0.1, 0.15) is 32.8 Å². The highest BCUT2D eigenvalue weighted by molar-refractivity contribution is 5.79. The minimum absolute atomic E-state index is 0.105. The second-order valence-corrected chi connectivity index (χ2v) is 6.56. The Labute approximate surface area is 135 Å². The molecule has 4 nitrogen and oxygen atoms in total. The molecular weight excluding hydrogens is 274 g/mol. The molecule has 1 aromatic rings. The van der Waals surface area contributed by atoms with Crippen LogP contribution >= 0.6 is 0 Å². The number of guanidine groups is 1. The molecule has 0 aromatic heterocycles. The Balaban J connectivity index is 2.28. The zero-order chi connectivity index (χ0) is 16.4. The number of rotatable bonds is 7. The maximum absolute atomic E-state index is 5.55. The fraction of sp³-hybridized carbons (Fsp3) is 0.611. The molecule has 0 bridgehead atoms. The third kappa shape index (κ3) is 6.94. The average Bonchev–Trinajstić information content (AvgIpc) is 2.49. The fourth-order valence-corrected chi connectivity index (χ4v) is 2.30. The molecule has 0 aliphatic carbocycles. The molecule has 22 heavy (non-hydrogen) atoms. The largest absolute Gasteiger partial charge is 0.379 e. The Kier molecular flexibility index (Phi) is 7.96. The zero-order valence-corrected chi connectivity index (χ0v) is 14.6. The third-order valence-electron chi connectivity index (χ3n) is 3.71. The van der Waals surface area contributed by atoms with E-state index in [1.807, 2.05) is 0 Å². The van der Waals surface area contributed by atoms with E-state index in [1.54, 1.807) is 14.2 Å². The molecule has 0 fully saturated rings. The minimum atomic E-state index is 0.105. The van der Waals surface area contributed by atoms with Gasteiger partial charge in [-0.2, -0.15) is 0 Å². The summed E-state index contributed by atoms with van der Waals surface area (Å²) in [5, 5.41) is 6.69. The quantitative estimate of drug-likeness (QED) is 0.462. The van der Waals surface area contributed by atoms with Crippen LogP contribution in [0.2, 0.25) is 0 Å². The van der Waals surface area contributed by atoms with Crippen LogP contribution in [-0.2, 0) is 11.2 Å². The number of nitrogens with zero attached hydrogens (tertiary/aromatic N) is 1. The zero-order valence-electron chi connectivity index (χ0n) is 14.6. The maximum Gasteiger partial charge on any atom is 0.191 e. The number of benzene rings is 1. The molecule has 0 aliphatic rings. The Morgan fingerprint density at radius 1 is 1.18 bits per heavy atom. The van der Waals surface area contributed by atoms with Crippen LogP contribution in [-0.4, -0.2) is 39.3 Å². The number of nitrogens with one attached hydrogen (secondary N) is 2. The Morgan fingerprint density at radius 3 is 2.41 bits per heavy atom.